The zero-order valence-corrected chi connectivity index (χ0v) is 13.4. The molecule has 2 rings (SSSR count). The molecule has 120 valence electrons. The average molecular weight is 302 g/mol. The second kappa shape index (κ2) is 8.57. The second-order valence-electron chi connectivity index (χ2n) is 5.96. The van der Waals surface area contributed by atoms with Crippen LogP contribution in [-0.2, 0) is 16.0 Å². The van der Waals surface area contributed by atoms with E-state index in [1.165, 1.54) is 0 Å². The van der Waals surface area contributed by atoms with Crippen LogP contribution in [0.25, 0.3) is 0 Å². The third-order valence-corrected chi connectivity index (χ3v) is 4.25. The van der Waals surface area contributed by atoms with Crippen LogP contribution >= 0.6 is 0 Å². The maximum atomic E-state index is 12.3. The van der Waals surface area contributed by atoms with E-state index in [9.17, 15) is 9.59 Å². The summed E-state index contributed by atoms with van der Waals surface area (Å²) in [7, 11) is 0. The van der Waals surface area contributed by atoms with Crippen molar-refractivity contribution in [2.24, 2.45) is 5.92 Å². The number of benzene rings is 1. The lowest BCUT2D eigenvalue weighted by molar-refractivity contribution is -0.135. The van der Waals surface area contributed by atoms with Gasteiger partial charge in [-0.05, 0) is 24.8 Å². The summed E-state index contributed by atoms with van der Waals surface area (Å²) in [6, 6.07) is 9.82. The lowest BCUT2D eigenvalue weighted by Gasteiger charge is -2.31. The molecule has 4 heteroatoms. The molecule has 1 heterocycles. The van der Waals surface area contributed by atoms with E-state index in [0.29, 0.717) is 19.5 Å². The van der Waals surface area contributed by atoms with Crippen LogP contribution in [0.3, 0.4) is 0 Å². The van der Waals surface area contributed by atoms with Gasteiger partial charge in [-0.2, -0.15) is 0 Å². The summed E-state index contributed by atoms with van der Waals surface area (Å²) in [4.78, 5) is 26.2. The van der Waals surface area contributed by atoms with Crippen molar-refractivity contribution in [3.8, 4) is 0 Å². The van der Waals surface area contributed by atoms with E-state index in [-0.39, 0.29) is 17.7 Å². The summed E-state index contributed by atoms with van der Waals surface area (Å²) in [5.74, 6) is 0.386. The molecule has 1 saturated heterocycles. The fraction of sp³-hybridized carbons (Fsp3) is 0.556. The third kappa shape index (κ3) is 4.86. The van der Waals surface area contributed by atoms with E-state index < -0.39 is 0 Å². The Morgan fingerprint density at radius 2 is 1.86 bits per heavy atom. The molecule has 1 aromatic rings. The van der Waals surface area contributed by atoms with Crippen LogP contribution in [0.1, 0.15) is 38.2 Å². The SMILES string of the molecule is CCCCNC(=O)C1CCN(C(=O)Cc2ccccc2)CC1. The van der Waals surface area contributed by atoms with Crippen molar-refractivity contribution in [2.75, 3.05) is 19.6 Å². The number of nitrogens with zero attached hydrogens (tertiary/aromatic N) is 1. The van der Waals surface area contributed by atoms with Gasteiger partial charge < -0.3 is 10.2 Å². The molecule has 1 N–H and O–H groups in total. The fourth-order valence-electron chi connectivity index (χ4n) is 2.81. The molecule has 1 aliphatic heterocycles. The monoisotopic (exact) mass is 302 g/mol. The van der Waals surface area contributed by atoms with Crippen molar-refractivity contribution in [1.82, 2.24) is 10.2 Å². The highest BCUT2D eigenvalue weighted by atomic mass is 16.2. The summed E-state index contributed by atoms with van der Waals surface area (Å²) in [5.41, 5.74) is 1.05. The molecule has 1 fully saturated rings. The van der Waals surface area contributed by atoms with Gasteiger partial charge in [0, 0.05) is 25.6 Å². The normalized spacial score (nSPS) is 15.6. The first-order valence-corrected chi connectivity index (χ1v) is 8.30. The first kappa shape index (κ1) is 16.5. The highest BCUT2D eigenvalue weighted by Gasteiger charge is 2.26. The van der Waals surface area contributed by atoms with E-state index >= 15 is 0 Å². The molecule has 0 saturated carbocycles. The minimum absolute atomic E-state index is 0.0673. The van der Waals surface area contributed by atoms with Gasteiger partial charge in [-0.3, -0.25) is 9.59 Å². The molecule has 1 aromatic carbocycles. The Bertz CT molecular complexity index is 479. The number of amides is 2. The number of hydrogen-bond acceptors (Lipinski definition) is 2. The maximum Gasteiger partial charge on any atom is 0.226 e. The molecule has 4 nitrogen and oxygen atoms in total. The van der Waals surface area contributed by atoms with E-state index in [0.717, 1.165) is 37.8 Å². The number of carbonyl (C=O) groups is 2. The van der Waals surface area contributed by atoms with E-state index in [2.05, 4.69) is 12.2 Å². The van der Waals surface area contributed by atoms with Crippen LogP contribution < -0.4 is 5.32 Å². The van der Waals surface area contributed by atoms with Gasteiger partial charge in [0.25, 0.3) is 0 Å². The standard InChI is InChI=1S/C18H26N2O2/c1-2-3-11-19-18(22)16-9-12-20(13-10-16)17(21)14-15-7-5-4-6-8-15/h4-8,16H,2-3,9-14H2,1H3,(H,19,22). The molecule has 0 unspecified atom stereocenters. The van der Waals surface area contributed by atoms with Crippen molar-refractivity contribution in [2.45, 2.75) is 39.0 Å². The van der Waals surface area contributed by atoms with Gasteiger partial charge in [0.05, 0.1) is 6.42 Å². The Morgan fingerprint density at radius 1 is 1.18 bits per heavy atom. The number of nitrogens with one attached hydrogen (secondary N) is 1. The number of rotatable bonds is 6. The molecule has 0 radical (unpaired) electrons. The van der Waals surface area contributed by atoms with Gasteiger partial charge in [-0.1, -0.05) is 43.7 Å². The first-order chi connectivity index (χ1) is 10.7. The first-order valence-electron chi connectivity index (χ1n) is 8.30. The zero-order valence-electron chi connectivity index (χ0n) is 13.4. The maximum absolute atomic E-state index is 12.3. The molecule has 1 aliphatic rings. The number of carbonyl (C=O) groups excluding carboxylic acids is 2. The minimum atomic E-state index is 0.0673. The van der Waals surface area contributed by atoms with Crippen molar-refractivity contribution in [3.63, 3.8) is 0 Å². The molecule has 0 spiro atoms. The van der Waals surface area contributed by atoms with Gasteiger partial charge in [0.1, 0.15) is 0 Å². The number of piperidine rings is 1. The Morgan fingerprint density at radius 3 is 2.50 bits per heavy atom. The van der Waals surface area contributed by atoms with Gasteiger partial charge >= 0.3 is 0 Å². The van der Waals surface area contributed by atoms with Gasteiger partial charge in [0.15, 0.2) is 0 Å². The van der Waals surface area contributed by atoms with Gasteiger partial charge in [-0.15, -0.1) is 0 Å². The fourth-order valence-corrected chi connectivity index (χ4v) is 2.81. The number of hydrogen-bond donors (Lipinski definition) is 1. The van der Waals surface area contributed by atoms with Crippen LogP contribution in [-0.4, -0.2) is 36.3 Å². The molecule has 2 amide bonds. The van der Waals surface area contributed by atoms with Crippen molar-refractivity contribution in [1.29, 1.82) is 0 Å². The molecule has 22 heavy (non-hydrogen) atoms. The van der Waals surface area contributed by atoms with Crippen molar-refractivity contribution >= 4 is 11.8 Å². The predicted octanol–water partition coefficient (Wildman–Crippen LogP) is 2.38. The van der Waals surface area contributed by atoms with E-state index in [4.69, 9.17) is 0 Å². The summed E-state index contributed by atoms with van der Waals surface area (Å²) < 4.78 is 0. The van der Waals surface area contributed by atoms with Crippen LogP contribution in [0.4, 0.5) is 0 Å². The molecule has 0 atom stereocenters. The highest BCUT2D eigenvalue weighted by Crippen LogP contribution is 2.18. The van der Waals surface area contributed by atoms with E-state index in [1.54, 1.807) is 0 Å². The summed E-state index contributed by atoms with van der Waals surface area (Å²) in [6.07, 6.45) is 4.12. The van der Waals surface area contributed by atoms with E-state index in [1.807, 2.05) is 35.2 Å². The quantitative estimate of drug-likeness (QED) is 0.820. The topological polar surface area (TPSA) is 49.4 Å². The average Bonchev–Trinajstić information content (AvgIpc) is 2.56. The minimum Gasteiger partial charge on any atom is -0.356 e. The molecular formula is C18H26N2O2. The highest BCUT2D eigenvalue weighted by molar-refractivity contribution is 5.81. The van der Waals surface area contributed by atoms with Gasteiger partial charge in [-0.25, -0.2) is 0 Å². The van der Waals surface area contributed by atoms with Crippen LogP contribution in [0.5, 0.6) is 0 Å². The summed E-state index contributed by atoms with van der Waals surface area (Å²) in [6.45, 7) is 4.26. The molecule has 0 bridgehead atoms. The predicted molar refractivity (Wildman–Crippen MR) is 87.4 cm³/mol. The van der Waals surface area contributed by atoms with Crippen LogP contribution in [0, 0.1) is 5.92 Å². The lowest BCUT2D eigenvalue weighted by Crippen LogP contribution is -2.43. The summed E-state index contributed by atoms with van der Waals surface area (Å²) >= 11 is 0. The largest absolute Gasteiger partial charge is 0.356 e. The lowest BCUT2D eigenvalue weighted by atomic mass is 9.95. The van der Waals surface area contributed by atoms with Crippen LogP contribution in [0.2, 0.25) is 0 Å². The Kier molecular flexibility index (Phi) is 6.44. The van der Waals surface area contributed by atoms with Gasteiger partial charge in [0.2, 0.25) is 11.8 Å². The third-order valence-electron chi connectivity index (χ3n) is 4.25. The Balaban J connectivity index is 1.74. The summed E-state index contributed by atoms with van der Waals surface area (Å²) in [5, 5.41) is 2.99. The smallest absolute Gasteiger partial charge is 0.226 e. The Hall–Kier alpha value is -1.84. The van der Waals surface area contributed by atoms with Crippen molar-refractivity contribution in [3.05, 3.63) is 35.9 Å². The second-order valence-corrected chi connectivity index (χ2v) is 5.96. The number of unbranched alkanes of at least 4 members (excludes halogenated alkanes) is 1. The number of likely N-dealkylation sites (tertiary alicyclic amines) is 1. The molecule has 0 aromatic heterocycles. The zero-order chi connectivity index (χ0) is 15.8. The Labute approximate surface area is 132 Å². The van der Waals surface area contributed by atoms with Crippen molar-refractivity contribution < 1.29 is 9.59 Å². The van der Waals surface area contributed by atoms with Crippen LogP contribution in [0.15, 0.2) is 30.3 Å². The molecular weight excluding hydrogens is 276 g/mol. The molecule has 0 aliphatic carbocycles.